The van der Waals surface area contributed by atoms with Gasteiger partial charge in [0.2, 0.25) is 5.91 Å². The fourth-order valence-electron chi connectivity index (χ4n) is 4.43. The number of rotatable bonds is 5. The number of aromatic nitrogens is 2. The van der Waals surface area contributed by atoms with Crippen LogP contribution in [-0.2, 0) is 16.1 Å². The Morgan fingerprint density at radius 2 is 1.93 bits per heavy atom. The second kappa shape index (κ2) is 9.43. The van der Waals surface area contributed by atoms with Crippen LogP contribution >= 0.6 is 0 Å². The summed E-state index contributed by atoms with van der Waals surface area (Å²) in [5.41, 5.74) is 2.24. The van der Waals surface area contributed by atoms with Gasteiger partial charge in [-0.05, 0) is 31.4 Å². The Kier molecular flexibility index (Phi) is 6.47. The maximum Gasteiger partial charge on any atom is 0.274 e. The first-order chi connectivity index (χ1) is 14.6. The Balaban J connectivity index is 1.52. The van der Waals surface area contributed by atoms with Crippen molar-refractivity contribution in [3.8, 4) is 0 Å². The van der Waals surface area contributed by atoms with Crippen LogP contribution in [0.2, 0.25) is 0 Å². The van der Waals surface area contributed by atoms with E-state index in [1.807, 2.05) is 42.2 Å². The van der Waals surface area contributed by atoms with Gasteiger partial charge in [0.15, 0.2) is 0 Å². The molecule has 1 saturated carbocycles. The van der Waals surface area contributed by atoms with Crippen molar-refractivity contribution < 1.29 is 14.3 Å². The van der Waals surface area contributed by atoms with E-state index in [2.05, 4.69) is 10.2 Å². The lowest BCUT2D eigenvalue weighted by molar-refractivity contribution is -0.134. The van der Waals surface area contributed by atoms with Crippen molar-refractivity contribution in [2.24, 2.45) is 0 Å². The topological polar surface area (TPSA) is 78.5 Å². The van der Waals surface area contributed by atoms with E-state index in [0.717, 1.165) is 36.9 Å². The van der Waals surface area contributed by atoms with Gasteiger partial charge < -0.3 is 14.5 Å². The molecule has 30 heavy (non-hydrogen) atoms. The van der Waals surface area contributed by atoms with E-state index >= 15 is 0 Å². The van der Waals surface area contributed by atoms with Gasteiger partial charge in [0.25, 0.3) is 5.91 Å². The van der Waals surface area contributed by atoms with Crippen LogP contribution in [-0.4, -0.2) is 63.6 Å². The summed E-state index contributed by atoms with van der Waals surface area (Å²) in [7, 11) is 0. The molecule has 2 aliphatic rings. The van der Waals surface area contributed by atoms with Gasteiger partial charge in [0, 0.05) is 24.8 Å². The molecule has 1 saturated heterocycles. The van der Waals surface area contributed by atoms with Crippen molar-refractivity contribution >= 4 is 11.8 Å². The van der Waals surface area contributed by atoms with Crippen molar-refractivity contribution in [2.45, 2.75) is 57.8 Å². The molecule has 160 valence electrons. The zero-order valence-corrected chi connectivity index (χ0v) is 17.5. The first kappa shape index (κ1) is 20.6. The van der Waals surface area contributed by atoms with Gasteiger partial charge in [-0.1, -0.05) is 49.6 Å². The number of aromatic amines is 1. The second-order valence-electron chi connectivity index (χ2n) is 8.38. The third-order valence-electron chi connectivity index (χ3n) is 6.03. The van der Waals surface area contributed by atoms with Crippen molar-refractivity contribution in [3.63, 3.8) is 0 Å². The molecule has 1 atom stereocenters. The standard InChI is InChI=1S/C23H30N4O3/c1-17-12-21(25-24-17)23(29)26-13-20(30-16-18-8-4-2-5-9-18)14-27(22(28)15-26)19-10-6-3-7-11-19/h2,4-5,8-9,12,19-20H,3,6-7,10-11,13-16H2,1H3,(H,24,25)/t20-/m1/s1. The Morgan fingerprint density at radius 1 is 1.17 bits per heavy atom. The number of hydrogen-bond donors (Lipinski definition) is 1. The predicted octanol–water partition coefficient (Wildman–Crippen LogP) is 2.92. The molecule has 1 aliphatic carbocycles. The van der Waals surface area contributed by atoms with Crippen molar-refractivity contribution in [1.82, 2.24) is 20.0 Å². The number of amides is 2. The Hall–Kier alpha value is -2.67. The summed E-state index contributed by atoms with van der Waals surface area (Å²) in [6, 6.07) is 12.0. The minimum absolute atomic E-state index is 0.00770. The normalized spacial score (nSPS) is 21.0. The number of H-pyrrole nitrogens is 1. The van der Waals surface area contributed by atoms with E-state index in [1.165, 1.54) is 6.42 Å². The molecule has 0 spiro atoms. The number of carbonyl (C=O) groups is 2. The Labute approximate surface area is 177 Å². The molecule has 1 N–H and O–H groups in total. The first-order valence-corrected chi connectivity index (χ1v) is 10.9. The number of aryl methyl sites for hydroxylation is 1. The number of nitrogens with one attached hydrogen (secondary N) is 1. The van der Waals surface area contributed by atoms with Crippen LogP contribution in [0.1, 0.15) is 53.8 Å². The van der Waals surface area contributed by atoms with Crippen LogP contribution in [0.15, 0.2) is 36.4 Å². The maximum absolute atomic E-state index is 13.1. The highest BCUT2D eigenvalue weighted by molar-refractivity contribution is 5.95. The Bertz CT molecular complexity index is 860. The smallest absolute Gasteiger partial charge is 0.274 e. The SMILES string of the molecule is Cc1cc(C(=O)N2CC(=O)N(C3CCCCC3)C[C@H](OCc3ccccc3)C2)n[nH]1. The molecule has 2 amide bonds. The molecule has 0 radical (unpaired) electrons. The van der Waals surface area contributed by atoms with E-state index in [0.29, 0.717) is 25.4 Å². The van der Waals surface area contributed by atoms with Gasteiger partial charge in [-0.25, -0.2) is 0 Å². The van der Waals surface area contributed by atoms with Crippen molar-refractivity contribution in [3.05, 3.63) is 53.3 Å². The van der Waals surface area contributed by atoms with E-state index in [9.17, 15) is 9.59 Å². The summed E-state index contributed by atoms with van der Waals surface area (Å²) in [6.45, 7) is 3.30. The lowest BCUT2D eigenvalue weighted by Crippen LogP contribution is -2.46. The van der Waals surface area contributed by atoms with Crippen LogP contribution in [0.3, 0.4) is 0 Å². The average molecular weight is 411 g/mol. The van der Waals surface area contributed by atoms with Gasteiger partial charge in [0.05, 0.1) is 12.7 Å². The monoisotopic (exact) mass is 410 g/mol. The number of ether oxygens (including phenoxy) is 1. The van der Waals surface area contributed by atoms with Gasteiger partial charge in [0.1, 0.15) is 12.2 Å². The highest BCUT2D eigenvalue weighted by atomic mass is 16.5. The zero-order chi connectivity index (χ0) is 20.9. The molecule has 1 aromatic carbocycles. The molecule has 7 heteroatoms. The average Bonchev–Trinajstić information content (AvgIpc) is 3.14. The molecule has 0 unspecified atom stereocenters. The second-order valence-corrected chi connectivity index (χ2v) is 8.38. The molecule has 2 aromatic rings. The van der Waals surface area contributed by atoms with E-state index in [-0.39, 0.29) is 30.5 Å². The molecule has 2 heterocycles. The Morgan fingerprint density at radius 3 is 2.63 bits per heavy atom. The number of benzene rings is 1. The van der Waals surface area contributed by atoms with Gasteiger partial charge >= 0.3 is 0 Å². The lowest BCUT2D eigenvalue weighted by Gasteiger charge is -2.34. The predicted molar refractivity (Wildman–Crippen MR) is 113 cm³/mol. The summed E-state index contributed by atoms with van der Waals surface area (Å²) in [5, 5.41) is 6.90. The number of carbonyl (C=O) groups excluding carboxylic acids is 2. The fraction of sp³-hybridized carbons (Fsp3) is 0.522. The fourth-order valence-corrected chi connectivity index (χ4v) is 4.43. The van der Waals surface area contributed by atoms with Gasteiger partial charge in [-0.15, -0.1) is 0 Å². The largest absolute Gasteiger partial charge is 0.370 e. The molecule has 7 nitrogen and oxygen atoms in total. The van der Waals surface area contributed by atoms with Gasteiger partial charge in [-0.2, -0.15) is 5.10 Å². The van der Waals surface area contributed by atoms with Crippen LogP contribution in [0.5, 0.6) is 0 Å². The summed E-state index contributed by atoms with van der Waals surface area (Å²) in [5.74, 6) is -0.222. The third-order valence-corrected chi connectivity index (χ3v) is 6.03. The van der Waals surface area contributed by atoms with Crippen molar-refractivity contribution in [1.29, 1.82) is 0 Å². The van der Waals surface area contributed by atoms with Crippen molar-refractivity contribution in [2.75, 3.05) is 19.6 Å². The molecular weight excluding hydrogens is 380 g/mol. The maximum atomic E-state index is 13.1. The molecule has 1 aromatic heterocycles. The highest BCUT2D eigenvalue weighted by Crippen LogP contribution is 2.25. The van der Waals surface area contributed by atoms with Crippen LogP contribution in [0.25, 0.3) is 0 Å². The summed E-state index contributed by atoms with van der Waals surface area (Å²) < 4.78 is 6.22. The van der Waals surface area contributed by atoms with Gasteiger partial charge in [-0.3, -0.25) is 14.7 Å². The summed E-state index contributed by atoms with van der Waals surface area (Å²) >= 11 is 0. The first-order valence-electron chi connectivity index (χ1n) is 10.9. The lowest BCUT2D eigenvalue weighted by atomic mass is 9.94. The number of nitrogens with zero attached hydrogens (tertiary/aromatic N) is 3. The molecule has 1 aliphatic heterocycles. The van der Waals surface area contributed by atoms with Crippen LogP contribution in [0, 0.1) is 6.92 Å². The summed E-state index contributed by atoms with van der Waals surface area (Å²) in [4.78, 5) is 29.7. The van der Waals surface area contributed by atoms with E-state index in [4.69, 9.17) is 4.74 Å². The minimum Gasteiger partial charge on any atom is -0.370 e. The van der Waals surface area contributed by atoms with Crippen LogP contribution in [0.4, 0.5) is 0 Å². The zero-order valence-electron chi connectivity index (χ0n) is 17.5. The summed E-state index contributed by atoms with van der Waals surface area (Å²) in [6.07, 6.45) is 5.36. The molecular formula is C23H30N4O3. The minimum atomic E-state index is -0.234. The highest BCUT2D eigenvalue weighted by Gasteiger charge is 2.35. The third kappa shape index (κ3) is 4.90. The molecule has 4 rings (SSSR count). The van der Waals surface area contributed by atoms with E-state index in [1.54, 1.807) is 11.0 Å². The molecule has 2 fully saturated rings. The van der Waals surface area contributed by atoms with E-state index < -0.39 is 0 Å². The quantitative estimate of drug-likeness (QED) is 0.822. The van der Waals surface area contributed by atoms with Crippen LogP contribution < -0.4 is 0 Å². The number of hydrogen-bond acceptors (Lipinski definition) is 4. The molecule has 0 bridgehead atoms.